The molecule has 0 fully saturated rings. The van der Waals surface area contributed by atoms with Crippen LogP contribution in [0, 0.1) is 5.95 Å². The lowest BCUT2D eigenvalue weighted by molar-refractivity contribution is -0.139. The summed E-state index contributed by atoms with van der Waals surface area (Å²) >= 11 is 0. The predicted octanol–water partition coefficient (Wildman–Crippen LogP) is 1.87. The van der Waals surface area contributed by atoms with Crippen LogP contribution in [-0.2, 0) is 16.0 Å². The van der Waals surface area contributed by atoms with E-state index in [1.165, 1.54) is 7.11 Å². The number of hydrogen-bond acceptors (Lipinski definition) is 3. The van der Waals surface area contributed by atoms with Crippen molar-refractivity contribution in [3.63, 3.8) is 0 Å². The van der Waals surface area contributed by atoms with Crippen LogP contribution in [0.5, 0.6) is 0 Å². The van der Waals surface area contributed by atoms with E-state index in [2.05, 4.69) is 9.72 Å². The Balaban J connectivity index is 2.92. The summed E-state index contributed by atoms with van der Waals surface area (Å²) in [6.07, 6.45) is -2.13. The van der Waals surface area contributed by atoms with Gasteiger partial charge in [0.1, 0.15) is 0 Å². The summed E-state index contributed by atoms with van der Waals surface area (Å²) in [5.41, 5.74) is -0.616. The lowest BCUT2D eigenvalue weighted by Crippen LogP contribution is -2.06. The molecule has 0 saturated carbocycles. The number of aromatic nitrogens is 1. The van der Waals surface area contributed by atoms with Gasteiger partial charge in [-0.1, -0.05) is 0 Å². The Morgan fingerprint density at radius 2 is 2.27 bits per heavy atom. The van der Waals surface area contributed by atoms with Gasteiger partial charge in [0.25, 0.3) is 6.43 Å². The van der Waals surface area contributed by atoms with Gasteiger partial charge < -0.3 is 4.74 Å². The topological polar surface area (TPSA) is 39.2 Å². The summed E-state index contributed by atoms with van der Waals surface area (Å²) in [5, 5.41) is 0. The first-order chi connectivity index (χ1) is 7.04. The normalized spacial score (nSPS) is 10.5. The first-order valence-corrected chi connectivity index (χ1v) is 4.04. The Morgan fingerprint density at radius 1 is 1.60 bits per heavy atom. The zero-order valence-electron chi connectivity index (χ0n) is 7.84. The maximum absolute atomic E-state index is 12.7. The molecule has 0 saturated heterocycles. The Labute approximate surface area is 83.9 Å². The molecule has 1 aromatic heterocycles. The van der Waals surface area contributed by atoms with Gasteiger partial charge in [-0.25, -0.2) is 13.8 Å². The number of hydrogen-bond donors (Lipinski definition) is 0. The molecule has 0 aromatic carbocycles. The molecule has 0 amide bonds. The molecule has 1 heterocycles. The summed E-state index contributed by atoms with van der Waals surface area (Å²) in [6.45, 7) is 0. The molecule has 1 rings (SSSR count). The molecule has 0 atom stereocenters. The lowest BCUT2D eigenvalue weighted by atomic mass is 10.1. The monoisotopic (exact) mass is 219 g/mol. The second-order valence-corrected chi connectivity index (χ2v) is 2.78. The molecule has 0 spiro atoms. The minimum atomic E-state index is -2.95. The molecule has 1 aromatic rings. The summed E-state index contributed by atoms with van der Waals surface area (Å²) in [4.78, 5) is 13.9. The average molecular weight is 219 g/mol. The van der Waals surface area contributed by atoms with Crippen molar-refractivity contribution in [2.24, 2.45) is 0 Å². The van der Waals surface area contributed by atoms with Gasteiger partial charge in [-0.2, -0.15) is 4.39 Å². The minimum absolute atomic E-state index is 0.193. The van der Waals surface area contributed by atoms with E-state index in [0.29, 0.717) is 0 Å². The van der Waals surface area contributed by atoms with Crippen molar-refractivity contribution in [1.82, 2.24) is 4.98 Å². The third-order valence-electron chi connectivity index (χ3n) is 1.73. The Morgan fingerprint density at radius 3 is 2.80 bits per heavy atom. The van der Waals surface area contributed by atoms with Crippen molar-refractivity contribution in [3.05, 3.63) is 29.3 Å². The van der Waals surface area contributed by atoms with Crippen LogP contribution in [0.4, 0.5) is 13.2 Å². The van der Waals surface area contributed by atoms with Crippen LogP contribution in [0.2, 0.25) is 0 Å². The quantitative estimate of drug-likeness (QED) is 0.575. The summed E-state index contributed by atoms with van der Waals surface area (Å²) in [6, 6.07) is 0.907. The molecule has 0 radical (unpaired) electrons. The van der Waals surface area contributed by atoms with Crippen molar-refractivity contribution in [2.75, 3.05) is 7.11 Å². The maximum atomic E-state index is 12.7. The van der Waals surface area contributed by atoms with Crippen LogP contribution in [0.25, 0.3) is 0 Å². The molecule has 0 aliphatic carbocycles. The molecule has 3 nitrogen and oxygen atoms in total. The first kappa shape index (κ1) is 11.5. The number of rotatable bonds is 3. The highest BCUT2D eigenvalue weighted by Crippen LogP contribution is 2.21. The van der Waals surface area contributed by atoms with Crippen LogP contribution in [0.1, 0.15) is 17.6 Å². The number of alkyl halides is 2. The first-order valence-electron chi connectivity index (χ1n) is 4.04. The molecule has 0 unspecified atom stereocenters. The van der Waals surface area contributed by atoms with Gasteiger partial charge in [-0.3, -0.25) is 4.79 Å². The minimum Gasteiger partial charge on any atom is -0.469 e. The third-order valence-corrected chi connectivity index (χ3v) is 1.73. The second kappa shape index (κ2) is 4.77. The fourth-order valence-corrected chi connectivity index (χ4v) is 0.999. The number of methoxy groups -OCH3 is 1. The molecular weight excluding hydrogens is 211 g/mol. The van der Waals surface area contributed by atoms with Gasteiger partial charge in [0.05, 0.1) is 19.1 Å². The molecule has 82 valence electrons. The molecular formula is C9H8F3NO2. The van der Waals surface area contributed by atoms with Gasteiger partial charge >= 0.3 is 5.97 Å². The fourth-order valence-electron chi connectivity index (χ4n) is 0.999. The predicted molar refractivity (Wildman–Crippen MR) is 44.9 cm³/mol. The number of carbonyl (C=O) groups is 1. The number of halogens is 3. The van der Waals surface area contributed by atoms with E-state index in [1.54, 1.807) is 0 Å². The Kier molecular flexibility index (Phi) is 3.65. The molecule has 0 N–H and O–H groups in total. The molecule has 6 heteroatoms. The average Bonchev–Trinajstić information content (AvgIpc) is 2.20. The molecule has 0 aliphatic rings. The van der Waals surface area contributed by atoms with Crippen molar-refractivity contribution in [1.29, 1.82) is 0 Å². The molecule has 15 heavy (non-hydrogen) atoms. The van der Waals surface area contributed by atoms with Gasteiger partial charge in [0.2, 0.25) is 5.95 Å². The zero-order valence-corrected chi connectivity index (χ0v) is 7.84. The van der Waals surface area contributed by atoms with Crippen LogP contribution < -0.4 is 0 Å². The zero-order chi connectivity index (χ0) is 11.4. The SMILES string of the molecule is COC(=O)Cc1cnc(F)c(C(F)F)c1. The van der Waals surface area contributed by atoms with E-state index in [0.717, 1.165) is 12.3 Å². The van der Waals surface area contributed by atoms with Crippen LogP contribution >= 0.6 is 0 Å². The highest BCUT2D eigenvalue weighted by atomic mass is 19.3. The van der Waals surface area contributed by atoms with Gasteiger partial charge in [0.15, 0.2) is 0 Å². The van der Waals surface area contributed by atoms with Crippen molar-refractivity contribution in [3.8, 4) is 0 Å². The molecule has 0 aliphatic heterocycles. The van der Waals surface area contributed by atoms with Crippen LogP contribution in [0.3, 0.4) is 0 Å². The molecule has 0 bridgehead atoms. The Bertz CT molecular complexity index is 368. The summed E-state index contributed by atoms with van der Waals surface area (Å²) < 4.78 is 41.5. The van der Waals surface area contributed by atoms with Crippen molar-refractivity contribution >= 4 is 5.97 Å². The number of nitrogens with zero attached hydrogens (tertiary/aromatic N) is 1. The smallest absolute Gasteiger partial charge is 0.310 e. The standard InChI is InChI=1S/C9H8F3NO2/c1-15-7(14)3-5-2-6(8(10)11)9(12)13-4-5/h2,4,8H,3H2,1H3. The van der Waals surface area contributed by atoms with Crippen LogP contribution in [-0.4, -0.2) is 18.1 Å². The van der Waals surface area contributed by atoms with Crippen LogP contribution in [0.15, 0.2) is 12.3 Å². The highest BCUT2D eigenvalue weighted by molar-refractivity contribution is 5.72. The van der Waals surface area contributed by atoms with E-state index >= 15 is 0 Å². The van der Waals surface area contributed by atoms with E-state index < -0.39 is 23.9 Å². The third kappa shape index (κ3) is 2.93. The van der Waals surface area contributed by atoms with Gasteiger partial charge in [0, 0.05) is 6.20 Å². The van der Waals surface area contributed by atoms with Crippen molar-refractivity contribution < 1.29 is 22.7 Å². The van der Waals surface area contributed by atoms with E-state index in [9.17, 15) is 18.0 Å². The number of ether oxygens (including phenoxy) is 1. The summed E-state index contributed by atoms with van der Waals surface area (Å²) in [5.74, 6) is -1.82. The van der Waals surface area contributed by atoms with E-state index in [-0.39, 0.29) is 12.0 Å². The Hall–Kier alpha value is -1.59. The van der Waals surface area contributed by atoms with E-state index in [4.69, 9.17) is 0 Å². The van der Waals surface area contributed by atoms with Gasteiger partial charge in [-0.05, 0) is 11.6 Å². The number of carbonyl (C=O) groups excluding carboxylic acids is 1. The lowest BCUT2D eigenvalue weighted by Gasteiger charge is -2.04. The van der Waals surface area contributed by atoms with E-state index in [1.807, 2.05) is 0 Å². The summed E-state index contributed by atoms with van der Waals surface area (Å²) in [7, 11) is 1.17. The highest BCUT2D eigenvalue weighted by Gasteiger charge is 2.16. The second-order valence-electron chi connectivity index (χ2n) is 2.78. The largest absolute Gasteiger partial charge is 0.469 e. The maximum Gasteiger partial charge on any atom is 0.310 e. The van der Waals surface area contributed by atoms with Gasteiger partial charge in [-0.15, -0.1) is 0 Å². The number of esters is 1. The van der Waals surface area contributed by atoms with Crippen molar-refractivity contribution in [2.45, 2.75) is 12.8 Å². The fraction of sp³-hybridized carbons (Fsp3) is 0.333. The number of pyridine rings is 1.